The van der Waals surface area contributed by atoms with Gasteiger partial charge in [0.1, 0.15) is 0 Å². The maximum atomic E-state index is 2.78. The van der Waals surface area contributed by atoms with Crippen LogP contribution in [0.15, 0.2) is 18.2 Å². The minimum absolute atomic E-state index is 0. The van der Waals surface area contributed by atoms with E-state index in [0.717, 1.165) is 0 Å². The molecule has 0 spiro atoms. The van der Waals surface area contributed by atoms with Crippen LogP contribution in [0.2, 0.25) is 0 Å². The molecule has 0 atom stereocenters. The van der Waals surface area contributed by atoms with Crippen molar-refractivity contribution in [2.45, 2.75) is 0 Å². The number of hydrogen-bond acceptors (Lipinski definition) is 0. The van der Waals surface area contributed by atoms with E-state index in [1.54, 1.807) is 18.2 Å². The van der Waals surface area contributed by atoms with Crippen molar-refractivity contribution in [2.75, 3.05) is 0 Å². The van der Waals surface area contributed by atoms with Crippen LogP contribution in [-0.2, 0) is 0 Å². The van der Waals surface area contributed by atoms with Gasteiger partial charge in [-0.2, -0.15) is 0 Å². The summed E-state index contributed by atoms with van der Waals surface area (Å²) < 4.78 is 0. The van der Waals surface area contributed by atoms with Gasteiger partial charge in [-0.3, -0.25) is 0 Å². The van der Waals surface area contributed by atoms with Crippen LogP contribution in [0, 0.1) is 40.5 Å². The van der Waals surface area contributed by atoms with Crippen molar-refractivity contribution in [3.8, 4) is 0 Å². The Morgan fingerprint density at radius 2 is 0.667 bits per heavy atom. The van der Waals surface area contributed by atoms with Gasteiger partial charge in [-0.15, -0.1) is 0 Å². The summed E-state index contributed by atoms with van der Waals surface area (Å²) in [5, 5.41) is 0. The maximum Gasteiger partial charge on any atom is 0 e. The molecular weight excluding hydrogens is 909 g/mol. The van der Waals surface area contributed by atoms with Crippen molar-refractivity contribution in [1.29, 1.82) is 0 Å². The second-order valence-corrected chi connectivity index (χ2v) is 0.933. The first-order valence-electron chi connectivity index (χ1n) is 1.73. The van der Waals surface area contributed by atoms with Gasteiger partial charge in [0.05, 0.1) is 0 Å². The standard InChI is InChI=1S/C6H3.3CH3.3Rf/c1-2-4-6-5-3-1;;;;;;/h1,4-5H;3*1H3;;;/q-3;3*-1;;;. The largest absolute Gasteiger partial charge is 0.545 e. The molecule has 60 valence electrons. The van der Waals surface area contributed by atoms with Crippen molar-refractivity contribution in [3.05, 3.63) is 58.7 Å². The molecule has 1 rings (SSSR count). The summed E-state index contributed by atoms with van der Waals surface area (Å²) >= 11 is 0. The molecule has 0 aliphatic carbocycles. The number of rotatable bonds is 0. The Morgan fingerprint density at radius 3 is 0.750 bits per heavy atom. The third-order valence-electron chi connectivity index (χ3n) is 0.500. The average molecular weight is 921 g/mol. The molecule has 1 aromatic carbocycles. The monoisotopic (exact) mass is 921 g/mol. The van der Waals surface area contributed by atoms with Gasteiger partial charge in [-0.1, -0.05) is 0 Å². The first-order valence-corrected chi connectivity index (χ1v) is 1.73. The molecule has 0 unspecified atom stereocenters. The fourth-order valence-corrected chi connectivity index (χ4v) is 0.269. The third kappa shape index (κ3) is 34.4. The van der Waals surface area contributed by atoms with Crippen LogP contribution in [0.4, 0.5) is 0 Å². The van der Waals surface area contributed by atoms with Crippen LogP contribution in [0.1, 0.15) is 0 Å². The van der Waals surface area contributed by atoms with Gasteiger partial charge in [0, 0.05) is 0 Å². The summed E-state index contributed by atoms with van der Waals surface area (Å²) in [7, 11) is 0. The van der Waals surface area contributed by atoms with Crippen molar-refractivity contribution < 1.29 is 0 Å². The molecule has 0 amide bonds. The molecule has 1 aromatic rings. The fourth-order valence-electron chi connectivity index (χ4n) is 0.269. The van der Waals surface area contributed by atoms with Gasteiger partial charge < -0.3 is 58.7 Å². The Hall–Kier alpha value is -3.78. The summed E-state index contributed by atoms with van der Waals surface area (Å²) in [6, 6.07) is 13.5. The van der Waals surface area contributed by atoms with Crippen LogP contribution >= 0.6 is 0 Å². The summed E-state index contributed by atoms with van der Waals surface area (Å²) in [6.45, 7) is 0. The van der Waals surface area contributed by atoms with E-state index in [9.17, 15) is 0 Å². The molecule has 0 radical (unpaired) electrons. The first-order chi connectivity index (χ1) is 3.00. The first kappa shape index (κ1) is 86.9. The van der Waals surface area contributed by atoms with E-state index in [0.29, 0.717) is 0 Å². The van der Waals surface area contributed by atoms with E-state index in [2.05, 4.69) is 18.2 Å². The zero-order chi connectivity index (χ0) is 4.24. The van der Waals surface area contributed by atoms with E-state index in [1.807, 2.05) is 0 Å². The molecule has 0 saturated heterocycles. The van der Waals surface area contributed by atoms with Crippen molar-refractivity contribution in [3.63, 3.8) is 0 Å². The summed E-state index contributed by atoms with van der Waals surface area (Å²) in [5.74, 6) is 0. The van der Waals surface area contributed by atoms with Crippen molar-refractivity contribution in [1.82, 2.24) is 0 Å². The summed E-state index contributed by atoms with van der Waals surface area (Å²) in [4.78, 5) is 0. The molecule has 0 fully saturated rings. The van der Waals surface area contributed by atoms with Gasteiger partial charge in [-0.25, -0.2) is 0 Å². The minimum Gasteiger partial charge on any atom is -0.545 e. The summed E-state index contributed by atoms with van der Waals surface area (Å²) in [5.41, 5.74) is 0. The normalized spacial score (nSPS) is 4.00. The molecule has 0 bridgehead atoms. The Balaban J connectivity index is -0.0000000150. The van der Waals surface area contributed by atoms with Gasteiger partial charge in [-0.05, 0) is 0 Å². The smallest absolute Gasteiger partial charge is 0 e. The molecule has 0 aliphatic heterocycles. The van der Waals surface area contributed by atoms with Crippen LogP contribution in [0.3, 0.4) is 0 Å². The van der Waals surface area contributed by atoms with Gasteiger partial charge in [0.15, 0.2) is 0 Å². The van der Waals surface area contributed by atoms with Gasteiger partial charge in [0.25, 0.3) is 0 Å². The summed E-state index contributed by atoms with van der Waals surface area (Å²) in [6.07, 6.45) is 0. The number of hydrogen-bond donors (Lipinski definition) is 0. The van der Waals surface area contributed by atoms with Crippen LogP contribution in [0.5, 0.6) is 0 Å². The van der Waals surface area contributed by atoms with Crippen molar-refractivity contribution >= 4 is 0 Å². The van der Waals surface area contributed by atoms with E-state index in [-0.39, 0.29) is 22.3 Å². The minimum atomic E-state index is 0. The third-order valence-corrected chi connectivity index (χ3v) is 0.500. The van der Waals surface area contributed by atoms with Gasteiger partial charge in [0.2, 0.25) is 0 Å². The van der Waals surface area contributed by atoms with Crippen molar-refractivity contribution in [2.24, 2.45) is 0 Å². The SMILES string of the molecule is [CH3-].[CH3-].[CH3-].[Rf].[Rf].[Rf].[c-]1c[c-]c[c-]c1. The second-order valence-electron chi connectivity index (χ2n) is 0.933. The zero-order valence-electron chi connectivity index (χ0n) is 8.35. The predicted octanol–water partition coefficient (Wildman–Crippen LogP) is 2.44. The molecule has 0 heterocycles. The zero-order valence-corrected chi connectivity index (χ0v) is 27.6. The van der Waals surface area contributed by atoms with Crippen LogP contribution in [-0.4, -0.2) is 0 Å². The number of benzene rings is 1. The Labute approximate surface area is 59.5 Å². The maximum absolute atomic E-state index is 2.78. The predicted molar refractivity (Wildman–Crippen MR) is 42.2 cm³/mol. The Bertz CT molecular complexity index is 81.7. The van der Waals surface area contributed by atoms with E-state index in [4.69, 9.17) is 0 Å². The fraction of sp³-hybridized carbons (Fsp3) is 0. The van der Waals surface area contributed by atoms with E-state index < -0.39 is 0 Å². The molecule has 0 N–H and O–H groups in total. The molecule has 0 saturated carbocycles. The Kier molecular flexibility index (Phi) is 411. The molecule has 12 heavy (non-hydrogen) atoms. The molecule has 0 aromatic heterocycles. The molecule has 0 aliphatic rings. The van der Waals surface area contributed by atoms with Crippen LogP contribution < -0.4 is 0 Å². The van der Waals surface area contributed by atoms with E-state index >= 15 is 0 Å². The van der Waals surface area contributed by atoms with E-state index in [1.165, 1.54) is 0 Å². The topological polar surface area (TPSA) is 0 Å². The molecule has 3 heteroatoms. The second kappa shape index (κ2) is 56.7. The molecular formula is C9H12Rf3-6. The van der Waals surface area contributed by atoms with Gasteiger partial charge >= 0.3 is 0 Å². The Morgan fingerprint density at radius 1 is 0.500 bits per heavy atom. The van der Waals surface area contributed by atoms with Crippen LogP contribution in [0.25, 0.3) is 0 Å². The molecule has 0 nitrogen and oxygen atoms in total. The quantitative estimate of drug-likeness (QED) is 0.352. The average Bonchev–Trinajstić information content (AvgIpc) is 1.72.